The fourth-order valence-electron chi connectivity index (χ4n) is 4.92. The van der Waals surface area contributed by atoms with Crippen molar-refractivity contribution in [2.24, 2.45) is 0 Å². The van der Waals surface area contributed by atoms with Gasteiger partial charge in [0.2, 0.25) is 0 Å². The molecule has 0 aliphatic heterocycles. The minimum absolute atomic E-state index is 0.0203. The van der Waals surface area contributed by atoms with Gasteiger partial charge < -0.3 is 19.7 Å². The lowest BCUT2D eigenvalue weighted by atomic mass is 10.1. The molecule has 0 saturated heterocycles. The lowest BCUT2D eigenvalue weighted by Gasteiger charge is -2.20. The lowest BCUT2D eigenvalue weighted by Crippen LogP contribution is -2.29. The van der Waals surface area contributed by atoms with Crippen LogP contribution in [0.2, 0.25) is 0 Å². The molecule has 0 aliphatic rings. The third-order valence-electron chi connectivity index (χ3n) is 7.77. The van der Waals surface area contributed by atoms with Gasteiger partial charge in [0.25, 0.3) is 0 Å². The van der Waals surface area contributed by atoms with Crippen LogP contribution in [0.1, 0.15) is 155 Å². The Morgan fingerprint density at radius 2 is 1.19 bits per heavy atom. The summed E-state index contributed by atoms with van der Waals surface area (Å²) < 4.78 is 33.0. The fraction of sp³-hybridized carbons (Fsp3) is 0.789. The number of ether oxygens (including phenoxy) is 2. The average molecular weight is 700 g/mol. The van der Waals surface area contributed by atoms with Crippen LogP contribution in [-0.4, -0.2) is 56.3 Å². The van der Waals surface area contributed by atoms with Gasteiger partial charge in [-0.3, -0.25) is 18.6 Å². The van der Waals surface area contributed by atoms with Gasteiger partial charge in [-0.1, -0.05) is 134 Å². The smallest absolute Gasteiger partial charge is 0.462 e. The second-order valence-electron chi connectivity index (χ2n) is 12.4. The largest absolute Gasteiger partial charge is 0.472 e. The summed E-state index contributed by atoms with van der Waals surface area (Å²) in [6.45, 7) is 4.07. The number of allylic oxidation sites excluding steroid dienone is 6. The molecule has 2 atom stereocenters. The third kappa shape index (κ3) is 34.1. The van der Waals surface area contributed by atoms with Crippen LogP contribution in [0.25, 0.3) is 0 Å². The normalized spacial score (nSPS) is 13.8. The molecule has 0 radical (unpaired) electrons. The first kappa shape index (κ1) is 46.2. The number of hydrogen-bond donors (Lipinski definition) is 2. The molecule has 9 nitrogen and oxygen atoms in total. The molecule has 0 bridgehead atoms. The van der Waals surface area contributed by atoms with E-state index in [0.29, 0.717) is 13.0 Å². The SMILES string of the molecule is CC/C=C\C/C=C\C/C=C\CCCCCCCC(=O)OC(COC(=O)CCCCCCCCCCCCC)COP(=O)(O)OCCNC. The minimum Gasteiger partial charge on any atom is -0.462 e. The summed E-state index contributed by atoms with van der Waals surface area (Å²) in [6, 6.07) is 0. The molecule has 0 aromatic rings. The van der Waals surface area contributed by atoms with Crippen LogP contribution < -0.4 is 5.32 Å². The number of likely N-dealkylation sites (N-methyl/N-ethyl adjacent to an activating group) is 1. The van der Waals surface area contributed by atoms with E-state index >= 15 is 0 Å². The van der Waals surface area contributed by atoms with Gasteiger partial charge in [0.05, 0.1) is 13.2 Å². The summed E-state index contributed by atoms with van der Waals surface area (Å²) in [5.74, 6) is -0.828. The fourth-order valence-corrected chi connectivity index (χ4v) is 5.67. The van der Waals surface area contributed by atoms with Gasteiger partial charge in [-0.15, -0.1) is 0 Å². The van der Waals surface area contributed by atoms with Gasteiger partial charge in [-0.25, -0.2) is 4.57 Å². The van der Waals surface area contributed by atoms with E-state index in [1.807, 2.05) is 0 Å². The Morgan fingerprint density at radius 3 is 1.77 bits per heavy atom. The van der Waals surface area contributed by atoms with Crippen molar-refractivity contribution in [2.75, 3.05) is 33.4 Å². The molecule has 0 spiro atoms. The van der Waals surface area contributed by atoms with Crippen LogP contribution in [0.4, 0.5) is 0 Å². The van der Waals surface area contributed by atoms with E-state index in [4.69, 9.17) is 18.5 Å². The van der Waals surface area contributed by atoms with Crippen molar-refractivity contribution < 1.29 is 37.6 Å². The van der Waals surface area contributed by atoms with E-state index in [2.05, 4.69) is 55.6 Å². The average Bonchev–Trinajstić information content (AvgIpc) is 3.06. The topological polar surface area (TPSA) is 120 Å². The number of carbonyl (C=O) groups excluding carboxylic acids is 2. The number of rotatable bonds is 35. The number of unbranched alkanes of at least 4 members (excludes halogenated alkanes) is 15. The monoisotopic (exact) mass is 699 g/mol. The molecule has 0 aromatic heterocycles. The second kappa shape index (κ2) is 35.1. The first-order chi connectivity index (χ1) is 23.3. The number of nitrogens with one attached hydrogen (secondary N) is 1. The first-order valence-electron chi connectivity index (χ1n) is 18.9. The van der Waals surface area contributed by atoms with Gasteiger partial charge in [0.1, 0.15) is 6.61 Å². The van der Waals surface area contributed by atoms with Gasteiger partial charge in [0, 0.05) is 19.4 Å². The van der Waals surface area contributed by atoms with Crippen molar-refractivity contribution in [1.29, 1.82) is 0 Å². The van der Waals surface area contributed by atoms with Crippen LogP contribution in [-0.2, 0) is 32.7 Å². The second-order valence-corrected chi connectivity index (χ2v) is 13.8. The van der Waals surface area contributed by atoms with Gasteiger partial charge in [0.15, 0.2) is 6.10 Å². The molecule has 2 unspecified atom stereocenters. The van der Waals surface area contributed by atoms with Crippen molar-refractivity contribution in [3.05, 3.63) is 36.5 Å². The van der Waals surface area contributed by atoms with E-state index in [1.54, 1.807) is 7.05 Å². The van der Waals surface area contributed by atoms with Crippen molar-refractivity contribution in [2.45, 2.75) is 161 Å². The van der Waals surface area contributed by atoms with Crippen molar-refractivity contribution >= 4 is 19.8 Å². The highest BCUT2D eigenvalue weighted by molar-refractivity contribution is 7.47. The van der Waals surface area contributed by atoms with Crippen LogP contribution in [0.15, 0.2) is 36.5 Å². The molecule has 10 heteroatoms. The Labute approximate surface area is 293 Å². The summed E-state index contributed by atoms with van der Waals surface area (Å²) in [6.07, 6.45) is 34.7. The van der Waals surface area contributed by atoms with E-state index in [-0.39, 0.29) is 32.0 Å². The Balaban J connectivity index is 4.33. The van der Waals surface area contributed by atoms with E-state index in [1.165, 1.54) is 51.4 Å². The standard InChI is InChI=1S/C38H70NO8P/c1-4-6-8-10-12-14-16-17-18-19-21-23-25-27-29-31-38(41)47-36(35-46-48(42,43)45-33-32-39-3)34-44-37(40)30-28-26-24-22-20-15-13-11-9-7-5-2/h6,8,12,14,17-18,36,39H,4-5,7,9-11,13,15-16,19-35H2,1-3H3,(H,42,43)/b8-6-,14-12-,18-17-. The number of hydrogen-bond acceptors (Lipinski definition) is 8. The summed E-state index contributed by atoms with van der Waals surface area (Å²) in [5.41, 5.74) is 0. The maximum atomic E-state index is 12.5. The molecule has 0 rings (SSSR count). The number of phosphoric acid groups is 1. The molecule has 0 aromatic carbocycles. The molecule has 2 N–H and O–H groups in total. The summed E-state index contributed by atoms with van der Waals surface area (Å²) in [7, 11) is -2.65. The van der Waals surface area contributed by atoms with Gasteiger partial charge in [-0.05, 0) is 52.0 Å². The Bertz CT molecular complexity index is 892. The summed E-state index contributed by atoms with van der Waals surface area (Å²) in [4.78, 5) is 34.8. The van der Waals surface area contributed by atoms with E-state index in [9.17, 15) is 19.0 Å². The van der Waals surface area contributed by atoms with Gasteiger partial charge in [-0.2, -0.15) is 0 Å². The number of carbonyl (C=O) groups is 2. The molecular weight excluding hydrogens is 629 g/mol. The zero-order chi connectivity index (χ0) is 35.4. The molecule has 280 valence electrons. The number of phosphoric ester groups is 1. The highest BCUT2D eigenvalue weighted by Crippen LogP contribution is 2.43. The predicted octanol–water partition coefficient (Wildman–Crippen LogP) is 10.1. The molecular formula is C38H70NO8P. The highest BCUT2D eigenvalue weighted by atomic mass is 31.2. The van der Waals surface area contributed by atoms with Crippen molar-refractivity contribution in [3.8, 4) is 0 Å². The molecule has 0 saturated carbocycles. The zero-order valence-corrected chi connectivity index (χ0v) is 31.6. The van der Waals surface area contributed by atoms with Crippen molar-refractivity contribution in [3.63, 3.8) is 0 Å². The van der Waals surface area contributed by atoms with Crippen LogP contribution >= 0.6 is 7.82 Å². The molecule has 0 fully saturated rings. The third-order valence-corrected chi connectivity index (χ3v) is 8.76. The molecule has 48 heavy (non-hydrogen) atoms. The van der Waals surface area contributed by atoms with E-state index < -0.39 is 26.5 Å². The highest BCUT2D eigenvalue weighted by Gasteiger charge is 2.26. The Kier molecular flexibility index (Phi) is 33.8. The number of esters is 2. The van der Waals surface area contributed by atoms with Crippen LogP contribution in [0.3, 0.4) is 0 Å². The maximum absolute atomic E-state index is 12.5. The maximum Gasteiger partial charge on any atom is 0.472 e. The lowest BCUT2D eigenvalue weighted by molar-refractivity contribution is -0.161. The quantitative estimate of drug-likeness (QED) is 0.0288. The zero-order valence-electron chi connectivity index (χ0n) is 30.7. The molecule has 0 amide bonds. The minimum atomic E-state index is -4.34. The van der Waals surface area contributed by atoms with Crippen molar-refractivity contribution in [1.82, 2.24) is 5.32 Å². The Morgan fingerprint density at radius 1 is 0.667 bits per heavy atom. The molecule has 0 heterocycles. The van der Waals surface area contributed by atoms with Crippen LogP contribution in [0, 0.1) is 0 Å². The Hall–Kier alpha value is -1.77. The predicted molar refractivity (Wildman–Crippen MR) is 197 cm³/mol. The first-order valence-corrected chi connectivity index (χ1v) is 20.4. The van der Waals surface area contributed by atoms with Gasteiger partial charge >= 0.3 is 19.8 Å². The van der Waals surface area contributed by atoms with E-state index in [0.717, 1.165) is 70.6 Å². The summed E-state index contributed by atoms with van der Waals surface area (Å²) in [5, 5.41) is 2.81. The molecule has 0 aliphatic carbocycles. The summed E-state index contributed by atoms with van der Waals surface area (Å²) >= 11 is 0. The van der Waals surface area contributed by atoms with Crippen LogP contribution in [0.5, 0.6) is 0 Å².